The van der Waals surface area contributed by atoms with Gasteiger partial charge in [-0.25, -0.2) is 0 Å². The van der Waals surface area contributed by atoms with Crippen molar-refractivity contribution in [3.05, 3.63) is 57.2 Å². The number of carbonyl (C=O) groups excluding carboxylic acids is 2. The Balaban J connectivity index is 1.77. The minimum Gasteiger partial charge on any atom is -0.351 e. The summed E-state index contributed by atoms with van der Waals surface area (Å²) >= 11 is 6.58. The quantitative estimate of drug-likeness (QED) is 0.769. The summed E-state index contributed by atoms with van der Waals surface area (Å²) in [5.41, 5.74) is 1.17. The van der Waals surface area contributed by atoms with E-state index in [1.807, 2.05) is 12.1 Å². The zero-order chi connectivity index (χ0) is 15.9. The molecule has 0 aliphatic carbocycles. The van der Waals surface area contributed by atoms with Gasteiger partial charge in [0.2, 0.25) is 5.91 Å². The number of hydrogen-bond donors (Lipinski definition) is 2. The lowest BCUT2D eigenvalue weighted by Crippen LogP contribution is -2.27. The Morgan fingerprint density at radius 1 is 1.05 bits per heavy atom. The van der Waals surface area contributed by atoms with Crippen molar-refractivity contribution in [3.63, 3.8) is 0 Å². The van der Waals surface area contributed by atoms with Crippen molar-refractivity contribution in [2.24, 2.45) is 0 Å². The molecule has 1 heterocycles. The molecule has 0 bridgehead atoms. The number of pyridine rings is 1. The average Bonchev–Trinajstić information content (AvgIpc) is 2.49. The largest absolute Gasteiger partial charge is 0.351 e. The van der Waals surface area contributed by atoms with E-state index in [-0.39, 0.29) is 24.8 Å². The number of halogens is 2. The standard InChI is InChI=1S/C15H13Br2N3O2/c16-11-1-3-13(4-2-11)20-14(21)5-6-19-15(22)10-7-12(17)9-18-8-10/h1-4,7-9H,5-6H2,(H,19,22)(H,20,21). The topological polar surface area (TPSA) is 71.1 Å². The molecule has 0 aliphatic heterocycles. The van der Waals surface area contributed by atoms with Gasteiger partial charge in [0.15, 0.2) is 0 Å². The third-order valence-electron chi connectivity index (χ3n) is 2.73. The third-order valence-corrected chi connectivity index (χ3v) is 3.69. The molecule has 1 aromatic carbocycles. The highest BCUT2D eigenvalue weighted by Gasteiger charge is 2.07. The second-order valence-electron chi connectivity index (χ2n) is 4.45. The molecule has 7 heteroatoms. The number of aromatic nitrogens is 1. The zero-order valence-electron chi connectivity index (χ0n) is 11.5. The van der Waals surface area contributed by atoms with Crippen molar-refractivity contribution in [3.8, 4) is 0 Å². The highest BCUT2D eigenvalue weighted by molar-refractivity contribution is 9.10. The Morgan fingerprint density at radius 3 is 2.45 bits per heavy atom. The van der Waals surface area contributed by atoms with Gasteiger partial charge in [-0.05, 0) is 46.3 Å². The van der Waals surface area contributed by atoms with Crippen LogP contribution in [0.2, 0.25) is 0 Å². The van der Waals surface area contributed by atoms with Gasteiger partial charge in [0.05, 0.1) is 5.56 Å². The van der Waals surface area contributed by atoms with Crippen LogP contribution >= 0.6 is 31.9 Å². The molecule has 0 radical (unpaired) electrons. The van der Waals surface area contributed by atoms with Crippen LogP contribution in [0, 0.1) is 0 Å². The van der Waals surface area contributed by atoms with E-state index in [2.05, 4.69) is 47.5 Å². The fraction of sp³-hybridized carbons (Fsp3) is 0.133. The number of nitrogens with zero attached hydrogens (tertiary/aromatic N) is 1. The maximum absolute atomic E-state index is 11.9. The number of amides is 2. The van der Waals surface area contributed by atoms with E-state index in [9.17, 15) is 9.59 Å². The molecular weight excluding hydrogens is 414 g/mol. The number of anilines is 1. The average molecular weight is 427 g/mol. The van der Waals surface area contributed by atoms with Gasteiger partial charge in [0.25, 0.3) is 5.91 Å². The fourth-order valence-electron chi connectivity index (χ4n) is 1.68. The first-order chi connectivity index (χ1) is 10.5. The predicted octanol–water partition coefficient (Wildman–Crippen LogP) is 3.37. The number of carbonyl (C=O) groups is 2. The molecule has 0 spiro atoms. The second-order valence-corrected chi connectivity index (χ2v) is 6.28. The summed E-state index contributed by atoms with van der Waals surface area (Å²) in [5.74, 6) is -0.416. The number of hydrogen-bond acceptors (Lipinski definition) is 3. The Bertz CT molecular complexity index is 675. The van der Waals surface area contributed by atoms with Gasteiger partial charge in [-0.3, -0.25) is 14.6 Å². The van der Waals surface area contributed by atoms with Gasteiger partial charge in [0.1, 0.15) is 0 Å². The van der Waals surface area contributed by atoms with E-state index in [0.717, 1.165) is 14.6 Å². The summed E-state index contributed by atoms with van der Waals surface area (Å²) in [6.07, 6.45) is 3.27. The zero-order valence-corrected chi connectivity index (χ0v) is 14.6. The first-order valence-corrected chi connectivity index (χ1v) is 8.07. The van der Waals surface area contributed by atoms with E-state index < -0.39 is 0 Å². The first kappa shape index (κ1) is 16.6. The van der Waals surface area contributed by atoms with Crippen molar-refractivity contribution < 1.29 is 9.59 Å². The van der Waals surface area contributed by atoms with Crippen LogP contribution in [0.1, 0.15) is 16.8 Å². The summed E-state index contributed by atoms with van der Waals surface area (Å²) in [6.45, 7) is 0.258. The van der Waals surface area contributed by atoms with Crippen LogP contribution in [0.4, 0.5) is 5.69 Å². The van der Waals surface area contributed by atoms with Crippen molar-refractivity contribution in [1.29, 1.82) is 0 Å². The Kier molecular flexibility index (Phi) is 6.09. The lowest BCUT2D eigenvalue weighted by atomic mass is 10.2. The highest BCUT2D eigenvalue weighted by atomic mass is 79.9. The molecule has 1 aromatic heterocycles. The lowest BCUT2D eigenvalue weighted by molar-refractivity contribution is -0.116. The Hall–Kier alpha value is -1.73. The smallest absolute Gasteiger partial charge is 0.252 e. The first-order valence-electron chi connectivity index (χ1n) is 6.49. The van der Waals surface area contributed by atoms with Crippen molar-refractivity contribution in [1.82, 2.24) is 10.3 Å². The maximum Gasteiger partial charge on any atom is 0.252 e. The van der Waals surface area contributed by atoms with E-state index in [1.54, 1.807) is 24.4 Å². The van der Waals surface area contributed by atoms with Crippen LogP contribution < -0.4 is 10.6 Å². The summed E-state index contributed by atoms with van der Waals surface area (Å²) in [4.78, 5) is 27.6. The number of rotatable bonds is 5. The lowest BCUT2D eigenvalue weighted by Gasteiger charge is -2.07. The highest BCUT2D eigenvalue weighted by Crippen LogP contribution is 2.14. The van der Waals surface area contributed by atoms with Gasteiger partial charge in [-0.2, -0.15) is 0 Å². The summed E-state index contributed by atoms with van der Waals surface area (Å²) < 4.78 is 1.67. The van der Waals surface area contributed by atoms with E-state index >= 15 is 0 Å². The van der Waals surface area contributed by atoms with Crippen molar-refractivity contribution in [2.45, 2.75) is 6.42 Å². The maximum atomic E-state index is 11.9. The summed E-state index contributed by atoms with van der Waals surface area (Å²) in [5, 5.41) is 5.44. The molecule has 0 saturated heterocycles. The fourth-order valence-corrected chi connectivity index (χ4v) is 2.31. The molecule has 0 fully saturated rings. The molecule has 114 valence electrons. The van der Waals surface area contributed by atoms with Gasteiger partial charge in [-0.15, -0.1) is 0 Å². The van der Waals surface area contributed by atoms with Crippen LogP contribution in [0.5, 0.6) is 0 Å². The van der Waals surface area contributed by atoms with Gasteiger partial charge in [-0.1, -0.05) is 15.9 Å². The second kappa shape index (κ2) is 8.05. The van der Waals surface area contributed by atoms with Gasteiger partial charge < -0.3 is 10.6 Å². The molecule has 2 amide bonds. The molecule has 22 heavy (non-hydrogen) atoms. The molecule has 0 aliphatic rings. The molecule has 5 nitrogen and oxygen atoms in total. The van der Waals surface area contributed by atoms with E-state index in [0.29, 0.717) is 5.56 Å². The Morgan fingerprint density at radius 2 is 1.77 bits per heavy atom. The van der Waals surface area contributed by atoms with E-state index in [4.69, 9.17) is 0 Å². The van der Waals surface area contributed by atoms with Crippen LogP contribution in [0.25, 0.3) is 0 Å². The van der Waals surface area contributed by atoms with Crippen LogP contribution in [0.15, 0.2) is 51.7 Å². The van der Waals surface area contributed by atoms with Crippen LogP contribution in [0.3, 0.4) is 0 Å². The molecule has 0 unspecified atom stereocenters. The van der Waals surface area contributed by atoms with Gasteiger partial charge >= 0.3 is 0 Å². The molecule has 2 aromatic rings. The van der Waals surface area contributed by atoms with Crippen LogP contribution in [-0.4, -0.2) is 23.3 Å². The summed E-state index contributed by atoms with van der Waals surface area (Å²) in [7, 11) is 0. The molecular formula is C15H13Br2N3O2. The minimum absolute atomic E-state index is 0.157. The van der Waals surface area contributed by atoms with Crippen molar-refractivity contribution >= 4 is 49.4 Å². The van der Waals surface area contributed by atoms with Crippen LogP contribution in [-0.2, 0) is 4.79 Å². The number of benzene rings is 1. The normalized spacial score (nSPS) is 10.1. The monoisotopic (exact) mass is 425 g/mol. The molecule has 2 rings (SSSR count). The van der Waals surface area contributed by atoms with Crippen molar-refractivity contribution in [2.75, 3.05) is 11.9 Å². The Labute approximate surface area is 144 Å². The molecule has 0 atom stereocenters. The molecule has 0 saturated carbocycles. The summed E-state index contributed by atoms with van der Waals surface area (Å²) in [6, 6.07) is 8.96. The number of nitrogens with one attached hydrogen (secondary N) is 2. The minimum atomic E-state index is -0.259. The predicted molar refractivity (Wildman–Crippen MR) is 91.7 cm³/mol. The van der Waals surface area contributed by atoms with Gasteiger partial charge in [0, 0.05) is 40.0 Å². The third kappa shape index (κ3) is 5.23. The van der Waals surface area contributed by atoms with E-state index in [1.165, 1.54) is 6.20 Å². The molecule has 2 N–H and O–H groups in total. The SMILES string of the molecule is O=C(CCNC(=O)c1cncc(Br)c1)Nc1ccc(Br)cc1.